The first-order valence-electron chi connectivity index (χ1n) is 10.7. The molecule has 0 saturated carbocycles. The Morgan fingerprint density at radius 3 is 2.16 bits per heavy atom. The molecular weight excluding hydrogens is 414 g/mol. The molecule has 0 radical (unpaired) electrons. The van der Waals surface area contributed by atoms with Crippen LogP contribution < -0.4 is 10.6 Å². The lowest BCUT2D eigenvalue weighted by molar-refractivity contribution is -0.139. The number of nitrogens with one attached hydrogen (secondary N) is 2. The molecule has 1 atom stereocenters. The van der Waals surface area contributed by atoms with E-state index < -0.39 is 21.8 Å². The maximum atomic E-state index is 13.0. The van der Waals surface area contributed by atoms with E-state index in [0.717, 1.165) is 24.8 Å². The van der Waals surface area contributed by atoms with Crippen LogP contribution >= 0.6 is 0 Å². The predicted octanol–water partition coefficient (Wildman–Crippen LogP) is 2.09. The summed E-state index contributed by atoms with van der Waals surface area (Å²) in [4.78, 5) is 24.3. The van der Waals surface area contributed by atoms with Gasteiger partial charge in [-0.2, -0.15) is 4.31 Å². The number of amides is 2. The second-order valence-electron chi connectivity index (χ2n) is 7.61. The molecule has 1 saturated heterocycles. The van der Waals surface area contributed by atoms with Crippen LogP contribution in [0.2, 0.25) is 0 Å². The van der Waals surface area contributed by atoms with Crippen LogP contribution in [0.3, 0.4) is 0 Å². The van der Waals surface area contributed by atoms with Gasteiger partial charge in [-0.05, 0) is 43.4 Å². The van der Waals surface area contributed by atoms with Gasteiger partial charge in [0.1, 0.15) is 0 Å². The summed E-state index contributed by atoms with van der Waals surface area (Å²) >= 11 is 0. The minimum atomic E-state index is -3.58. The SMILES string of the molecule is O=C(NCCc1ccccc1)C(=O)NCC[C@@H]1CCCCN1S(=O)(=O)c1ccccc1. The van der Waals surface area contributed by atoms with Gasteiger partial charge in [0.15, 0.2) is 0 Å². The largest absolute Gasteiger partial charge is 0.348 e. The molecule has 1 heterocycles. The predicted molar refractivity (Wildman–Crippen MR) is 119 cm³/mol. The summed E-state index contributed by atoms with van der Waals surface area (Å²) in [5.74, 6) is -1.37. The third-order valence-corrected chi connectivity index (χ3v) is 7.40. The van der Waals surface area contributed by atoms with E-state index in [0.29, 0.717) is 25.9 Å². The van der Waals surface area contributed by atoms with E-state index in [-0.39, 0.29) is 17.5 Å². The Hall–Kier alpha value is -2.71. The number of carbonyl (C=O) groups excluding carboxylic acids is 2. The summed E-state index contributed by atoms with van der Waals surface area (Å²) in [6.07, 6.45) is 3.62. The summed E-state index contributed by atoms with van der Waals surface area (Å²) in [7, 11) is -3.58. The molecule has 8 heteroatoms. The van der Waals surface area contributed by atoms with Crippen molar-refractivity contribution in [2.75, 3.05) is 19.6 Å². The van der Waals surface area contributed by atoms with Crippen LogP contribution in [0.15, 0.2) is 65.6 Å². The van der Waals surface area contributed by atoms with Gasteiger partial charge in [-0.25, -0.2) is 8.42 Å². The first kappa shape index (κ1) is 23.0. The maximum Gasteiger partial charge on any atom is 0.309 e. The Morgan fingerprint density at radius 2 is 1.48 bits per heavy atom. The first-order valence-corrected chi connectivity index (χ1v) is 12.1. The summed E-state index contributed by atoms with van der Waals surface area (Å²) in [6, 6.07) is 17.9. The number of hydrogen-bond donors (Lipinski definition) is 2. The number of nitrogens with zero attached hydrogens (tertiary/aromatic N) is 1. The lowest BCUT2D eigenvalue weighted by atomic mass is 10.0. The van der Waals surface area contributed by atoms with Crippen molar-refractivity contribution < 1.29 is 18.0 Å². The lowest BCUT2D eigenvalue weighted by Crippen LogP contribution is -2.46. The Labute approximate surface area is 183 Å². The summed E-state index contributed by atoms with van der Waals surface area (Å²) < 4.78 is 27.6. The molecule has 0 bridgehead atoms. The van der Waals surface area contributed by atoms with Gasteiger partial charge in [-0.3, -0.25) is 9.59 Å². The molecule has 2 N–H and O–H groups in total. The lowest BCUT2D eigenvalue weighted by Gasteiger charge is -2.34. The van der Waals surface area contributed by atoms with Crippen molar-refractivity contribution in [1.29, 1.82) is 0 Å². The van der Waals surface area contributed by atoms with Crippen molar-refractivity contribution in [3.8, 4) is 0 Å². The van der Waals surface area contributed by atoms with Gasteiger partial charge in [0.25, 0.3) is 0 Å². The van der Waals surface area contributed by atoms with E-state index in [1.54, 1.807) is 30.3 Å². The van der Waals surface area contributed by atoms with E-state index >= 15 is 0 Å². The zero-order chi connectivity index (χ0) is 22.1. The molecule has 2 amide bonds. The van der Waals surface area contributed by atoms with Crippen molar-refractivity contribution in [2.24, 2.45) is 0 Å². The fourth-order valence-electron chi connectivity index (χ4n) is 3.78. The molecule has 3 rings (SSSR count). The second-order valence-corrected chi connectivity index (χ2v) is 9.51. The smallest absolute Gasteiger partial charge is 0.309 e. The number of rotatable bonds is 8. The number of piperidine rings is 1. The van der Waals surface area contributed by atoms with Crippen LogP contribution in [0.5, 0.6) is 0 Å². The highest BCUT2D eigenvalue weighted by atomic mass is 32.2. The minimum absolute atomic E-state index is 0.194. The second kappa shape index (κ2) is 11.1. The van der Waals surface area contributed by atoms with Crippen LogP contribution in [-0.4, -0.2) is 50.2 Å². The average molecular weight is 444 g/mol. The molecule has 31 heavy (non-hydrogen) atoms. The molecule has 0 spiro atoms. The van der Waals surface area contributed by atoms with Crippen LogP contribution in [0.25, 0.3) is 0 Å². The highest BCUT2D eigenvalue weighted by Gasteiger charge is 2.33. The number of sulfonamides is 1. The van der Waals surface area contributed by atoms with Gasteiger partial charge in [-0.15, -0.1) is 0 Å². The fraction of sp³-hybridized carbons (Fsp3) is 0.391. The van der Waals surface area contributed by atoms with Gasteiger partial charge in [0, 0.05) is 25.7 Å². The van der Waals surface area contributed by atoms with Crippen molar-refractivity contribution >= 4 is 21.8 Å². The molecule has 166 valence electrons. The molecule has 0 unspecified atom stereocenters. The molecule has 2 aromatic rings. The van der Waals surface area contributed by atoms with E-state index in [1.165, 1.54) is 4.31 Å². The van der Waals surface area contributed by atoms with Gasteiger partial charge >= 0.3 is 11.8 Å². The Bertz CT molecular complexity index is 965. The fourth-order valence-corrected chi connectivity index (χ4v) is 5.53. The molecule has 0 aromatic heterocycles. The Kier molecular flexibility index (Phi) is 8.20. The Morgan fingerprint density at radius 1 is 0.871 bits per heavy atom. The highest BCUT2D eigenvalue weighted by molar-refractivity contribution is 7.89. The summed E-state index contributed by atoms with van der Waals surface area (Å²) in [6.45, 7) is 1.09. The standard InChI is InChI=1S/C23H29N3O4S/c27-22(24-16-14-19-9-3-1-4-10-19)23(28)25-17-15-20-11-7-8-18-26(20)31(29,30)21-12-5-2-6-13-21/h1-6,9-10,12-13,20H,7-8,11,14-18H2,(H,24,27)(H,25,28)/t20-/m0/s1. The van der Waals surface area contributed by atoms with E-state index in [2.05, 4.69) is 10.6 Å². The molecule has 0 aliphatic carbocycles. The third kappa shape index (κ3) is 6.38. The van der Waals surface area contributed by atoms with Crippen molar-refractivity contribution in [2.45, 2.75) is 43.0 Å². The van der Waals surface area contributed by atoms with Crippen LogP contribution in [0, 0.1) is 0 Å². The normalized spacial score (nSPS) is 17.1. The molecule has 2 aromatic carbocycles. The third-order valence-electron chi connectivity index (χ3n) is 5.43. The van der Waals surface area contributed by atoms with Crippen molar-refractivity contribution in [3.05, 3.63) is 66.2 Å². The topological polar surface area (TPSA) is 95.6 Å². The minimum Gasteiger partial charge on any atom is -0.348 e. The maximum absolute atomic E-state index is 13.0. The van der Waals surface area contributed by atoms with Crippen LogP contribution in [-0.2, 0) is 26.0 Å². The van der Waals surface area contributed by atoms with Gasteiger partial charge in [0.2, 0.25) is 10.0 Å². The van der Waals surface area contributed by atoms with E-state index in [9.17, 15) is 18.0 Å². The average Bonchev–Trinajstić information content (AvgIpc) is 2.80. The molecular formula is C23H29N3O4S. The van der Waals surface area contributed by atoms with Gasteiger partial charge < -0.3 is 10.6 Å². The van der Waals surface area contributed by atoms with Crippen molar-refractivity contribution in [1.82, 2.24) is 14.9 Å². The molecule has 1 aliphatic rings. The van der Waals surface area contributed by atoms with Gasteiger partial charge in [-0.1, -0.05) is 55.0 Å². The quantitative estimate of drug-likeness (QED) is 0.611. The van der Waals surface area contributed by atoms with E-state index in [1.807, 2.05) is 30.3 Å². The number of benzene rings is 2. The molecule has 1 aliphatic heterocycles. The van der Waals surface area contributed by atoms with Crippen LogP contribution in [0.4, 0.5) is 0 Å². The van der Waals surface area contributed by atoms with E-state index in [4.69, 9.17) is 0 Å². The van der Waals surface area contributed by atoms with Crippen LogP contribution in [0.1, 0.15) is 31.2 Å². The first-order chi connectivity index (χ1) is 15.0. The number of carbonyl (C=O) groups is 2. The summed E-state index contributed by atoms with van der Waals surface area (Å²) in [5.41, 5.74) is 1.08. The van der Waals surface area contributed by atoms with Gasteiger partial charge in [0.05, 0.1) is 4.90 Å². The highest BCUT2D eigenvalue weighted by Crippen LogP contribution is 2.26. The zero-order valence-corrected chi connectivity index (χ0v) is 18.3. The summed E-state index contributed by atoms with van der Waals surface area (Å²) in [5, 5.41) is 5.23. The molecule has 1 fully saturated rings. The van der Waals surface area contributed by atoms with Crippen molar-refractivity contribution in [3.63, 3.8) is 0 Å². The zero-order valence-electron chi connectivity index (χ0n) is 17.5. The molecule has 7 nitrogen and oxygen atoms in total. The number of hydrogen-bond acceptors (Lipinski definition) is 4. The Balaban J connectivity index is 1.46. The monoisotopic (exact) mass is 443 g/mol.